The van der Waals surface area contributed by atoms with E-state index in [0.29, 0.717) is 6.54 Å². The fourth-order valence-electron chi connectivity index (χ4n) is 1.84. The minimum atomic E-state index is -0.424. The van der Waals surface area contributed by atoms with Gasteiger partial charge in [-0.2, -0.15) is 0 Å². The average Bonchev–Trinajstić information content (AvgIpc) is 2.58. The lowest BCUT2D eigenvalue weighted by Crippen LogP contribution is -2.39. The van der Waals surface area contributed by atoms with Gasteiger partial charge in [-0.1, -0.05) is 60.7 Å². The molecule has 0 bridgehead atoms. The molecule has 22 heavy (non-hydrogen) atoms. The number of imide groups is 1. The fourth-order valence-corrected chi connectivity index (χ4v) is 1.84. The number of benzene rings is 2. The van der Waals surface area contributed by atoms with Crippen molar-refractivity contribution in [1.82, 2.24) is 10.2 Å². The molecule has 0 aliphatic carbocycles. The van der Waals surface area contributed by atoms with Crippen LogP contribution in [0.1, 0.15) is 11.1 Å². The molecule has 4 heteroatoms. The zero-order valence-electron chi connectivity index (χ0n) is 12.4. The third-order valence-electron chi connectivity index (χ3n) is 3.14. The normalized spacial score (nSPS) is 10.4. The van der Waals surface area contributed by atoms with E-state index in [1.165, 1.54) is 13.1 Å². The van der Waals surface area contributed by atoms with Gasteiger partial charge in [0.1, 0.15) is 0 Å². The molecular weight excluding hydrogens is 276 g/mol. The quantitative estimate of drug-likeness (QED) is 0.881. The summed E-state index contributed by atoms with van der Waals surface area (Å²) in [4.78, 5) is 24.9. The highest BCUT2D eigenvalue weighted by molar-refractivity contribution is 6.02. The fraction of sp³-hybridized carbons (Fsp3) is 0.111. The number of nitrogens with one attached hydrogen (secondary N) is 1. The summed E-state index contributed by atoms with van der Waals surface area (Å²) >= 11 is 0. The molecule has 2 aromatic rings. The smallest absolute Gasteiger partial charge is 0.324 e. The van der Waals surface area contributed by atoms with Crippen LogP contribution in [-0.4, -0.2) is 23.9 Å². The minimum Gasteiger partial charge on any atom is -0.334 e. The first-order valence-electron chi connectivity index (χ1n) is 6.99. The van der Waals surface area contributed by atoms with Crippen molar-refractivity contribution in [3.05, 3.63) is 77.9 Å². The van der Waals surface area contributed by atoms with Gasteiger partial charge < -0.3 is 5.32 Å². The van der Waals surface area contributed by atoms with Gasteiger partial charge in [-0.15, -0.1) is 0 Å². The number of urea groups is 1. The van der Waals surface area contributed by atoms with Crippen molar-refractivity contribution in [3.8, 4) is 0 Å². The molecule has 2 rings (SSSR count). The predicted molar refractivity (Wildman–Crippen MR) is 86.9 cm³/mol. The number of amides is 3. The van der Waals surface area contributed by atoms with E-state index < -0.39 is 6.03 Å². The van der Waals surface area contributed by atoms with E-state index in [1.54, 1.807) is 6.08 Å². The van der Waals surface area contributed by atoms with Crippen LogP contribution in [0.15, 0.2) is 66.7 Å². The molecule has 0 unspecified atom stereocenters. The van der Waals surface area contributed by atoms with Crippen molar-refractivity contribution in [1.29, 1.82) is 0 Å². The number of carbonyl (C=O) groups excluding carboxylic acids is 2. The molecule has 0 radical (unpaired) electrons. The van der Waals surface area contributed by atoms with Crippen LogP contribution in [0, 0.1) is 0 Å². The molecule has 0 spiro atoms. The number of rotatable bonds is 4. The number of hydrogen-bond donors (Lipinski definition) is 1. The molecule has 4 nitrogen and oxygen atoms in total. The van der Waals surface area contributed by atoms with E-state index in [-0.39, 0.29) is 5.91 Å². The Hall–Kier alpha value is -2.88. The highest BCUT2D eigenvalue weighted by atomic mass is 16.2. The first-order chi connectivity index (χ1) is 10.7. The zero-order valence-corrected chi connectivity index (χ0v) is 12.4. The van der Waals surface area contributed by atoms with Crippen molar-refractivity contribution >= 4 is 18.0 Å². The molecule has 2 aromatic carbocycles. The van der Waals surface area contributed by atoms with E-state index in [0.717, 1.165) is 16.0 Å². The Morgan fingerprint density at radius 2 is 1.59 bits per heavy atom. The van der Waals surface area contributed by atoms with Gasteiger partial charge in [0.05, 0.1) is 0 Å². The minimum absolute atomic E-state index is 0.366. The summed E-state index contributed by atoms with van der Waals surface area (Å²) in [7, 11) is 1.46. The Bertz CT molecular complexity index is 651. The lowest BCUT2D eigenvalue weighted by molar-refractivity contribution is -0.122. The maximum Gasteiger partial charge on any atom is 0.324 e. The second-order valence-corrected chi connectivity index (χ2v) is 4.79. The van der Waals surface area contributed by atoms with Crippen LogP contribution < -0.4 is 5.32 Å². The molecule has 0 atom stereocenters. The summed E-state index contributed by atoms with van der Waals surface area (Å²) in [6.45, 7) is 0.389. The van der Waals surface area contributed by atoms with Crippen molar-refractivity contribution < 1.29 is 9.59 Å². The van der Waals surface area contributed by atoms with Crippen LogP contribution in [0.5, 0.6) is 0 Å². The first-order valence-corrected chi connectivity index (χ1v) is 6.99. The maximum atomic E-state index is 11.9. The van der Waals surface area contributed by atoms with Gasteiger partial charge in [0.15, 0.2) is 0 Å². The van der Waals surface area contributed by atoms with Crippen molar-refractivity contribution in [2.45, 2.75) is 6.54 Å². The molecule has 0 fully saturated rings. The summed E-state index contributed by atoms with van der Waals surface area (Å²) in [6.07, 6.45) is 3.07. The van der Waals surface area contributed by atoms with Gasteiger partial charge in [-0.05, 0) is 17.2 Å². The van der Waals surface area contributed by atoms with Gasteiger partial charge in [0, 0.05) is 19.7 Å². The molecule has 1 N–H and O–H groups in total. The van der Waals surface area contributed by atoms with Crippen molar-refractivity contribution in [2.24, 2.45) is 0 Å². The largest absolute Gasteiger partial charge is 0.334 e. The summed E-state index contributed by atoms with van der Waals surface area (Å²) in [5.74, 6) is -0.366. The van der Waals surface area contributed by atoms with E-state index >= 15 is 0 Å². The van der Waals surface area contributed by atoms with Gasteiger partial charge in [0.2, 0.25) is 0 Å². The molecule has 3 amide bonds. The Balaban J connectivity index is 1.87. The lowest BCUT2D eigenvalue weighted by Gasteiger charge is -2.14. The monoisotopic (exact) mass is 294 g/mol. The summed E-state index contributed by atoms with van der Waals surface area (Å²) in [5, 5.41) is 2.71. The maximum absolute atomic E-state index is 11.9. The van der Waals surface area contributed by atoms with Gasteiger partial charge in [-0.25, -0.2) is 4.79 Å². The molecule has 0 aliphatic rings. The molecule has 0 heterocycles. The van der Waals surface area contributed by atoms with Crippen LogP contribution in [0.2, 0.25) is 0 Å². The van der Waals surface area contributed by atoms with Crippen molar-refractivity contribution in [3.63, 3.8) is 0 Å². The number of carbonyl (C=O) groups is 2. The number of likely N-dealkylation sites (N-methyl/N-ethyl adjacent to an activating group) is 1. The third-order valence-corrected chi connectivity index (χ3v) is 3.14. The SMILES string of the molecule is CN(C(=O)/C=C/c1ccccc1)C(=O)NCc1ccccc1. The van der Waals surface area contributed by atoms with Gasteiger partial charge in [-0.3, -0.25) is 9.69 Å². The van der Waals surface area contributed by atoms with Crippen LogP contribution in [-0.2, 0) is 11.3 Å². The lowest BCUT2D eigenvalue weighted by atomic mass is 10.2. The Kier molecular flexibility index (Phi) is 5.49. The third kappa shape index (κ3) is 4.59. The predicted octanol–water partition coefficient (Wildman–Crippen LogP) is 3.07. The summed E-state index contributed by atoms with van der Waals surface area (Å²) in [6, 6.07) is 18.6. The zero-order chi connectivity index (χ0) is 15.8. The first kappa shape index (κ1) is 15.5. The highest BCUT2D eigenvalue weighted by Gasteiger charge is 2.13. The molecular formula is C18H18N2O2. The van der Waals surface area contributed by atoms with Gasteiger partial charge >= 0.3 is 6.03 Å². The van der Waals surface area contributed by atoms with Crippen LogP contribution >= 0.6 is 0 Å². The molecule has 0 aliphatic heterocycles. The average molecular weight is 294 g/mol. The Morgan fingerprint density at radius 3 is 2.23 bits per heavy atom. The van der Waals surface area contributed by atoms with Crippen LogP contribution in [0.3, 0.4) is 0 Å². The van der Waals surface area contributed by atoms with E-state index in [1.807, 2.05) is 60.7 Å². The Morgan fingerprint density at radius 1 is 1.00 bits per heavy atom. The van der Waals surface area contributed by atoms with Crippen LogP contribution in [0.25, 0.3) is 6.08 Å². The van der Waals surface area contributed by atoms with E-state index in [2.05, 4.69) is 5.32 Å². The van der Waals surface area contributed by atoms with E-state index in [4.69, 9.17) is 0 Å². The molecule has 0 aromatic heterocycles. The standard InChI is InChI=1S/C18H18N2O2/c1-20(17(21)13-12-15-8-4-2-5-9-15)18(22)19-14-16-10-6-3-7-11-16/h2-13H,14H2,1H3,(H,19,22)/b13-12+. The second kappa shape index (κ2) is 7.78. The molecule has 112 valence electrons. The Labute approximate surface area is 130 Å². The molecule has 0 saturated carbocycles. The van der Waals surface area contributed by atoms with E-state index in [9.17, 15) is 9.59 Å². The topological polar surface area (TPSA) is 49.4 Å². The van der Waals surface area contributed by atoms with Gasteiger partial charge in [0.25, 0.3) is 5.91 Å². The number of nitrogens with zero attached hydrogens (tertiary/aromatic N) is 1. The second-order valence-electron chi connectivity index (χ2n) is 4.79. The van der Waals surface area contributed by atoms with Crippen molar-refractivity contribution in [2.75, 3.05) is 7.05 Å². The number of hydrogen-bond acceptors (Lipinski definition) is 2. The molecule has 0 saturated heterocycles. The summed E-state index contributed by atoms with van der Waals surface area (Å²) in [5.41, 5.74) is 1.89. The highest BCUT2D eigenvalue weighted by Crippen LogP contribution is 2.02. The summed E-state index contributed by atoms with van der Waals surface area (Å²) < 4.78 is 0. The van der Waals surface area contributed by atoms with Crippen LogP contribution in [0.4, 0.5) is 4.79 Å².